The number of rotatable bonds is 8. The molecule has 31 heavy (non-hydrogen) atoms. The molecule has 0 bridgehead atoms. The summed E-state index contributed by atoms with van der Waals surface area (Å²) < 4.78 is 46.0. The van der Waals surface area contributed by atoms with E-state index in [0.29, 0.717) is 27.6 Å². The average molecular weight is 462 g/mol. The van der Waals surface area contributed by atoms with E-state index >= 15 is 0 Å². The van der Waals surface area contributed by atoms with Gasteiger partial charge in [0, 0.05) is 17.3 Å². The fraction of sp³-hybridized carbons (Fsp3) is 0.238. The van der Waals surface area contributed by atoms with E-state index in [9.17, 15) is 17.6 Å². The molecule has 1 saturated carbocycles. The Morgan fingerprint density at radius 3 is 2.68 bits per heavy atom. The number of halogens is 1. The van der Waals surface area contributed by atoms with Gasteiger partial charge in [-0.1, -0.05) is 17.3 Å². The standard InChI is InChI=1S/C21H20FN3O4S2/c1-13-20(24-21(26)15-4-5-15)18(29-25-13)10-8-17-9-11-19(30-17)31(27,28)23-12-14-2-6-16(22)7-3-14/h2-3,6-11,15,23H,4-5,12H2,1H3,(H,24,26)/b10-8+. The number of hydrogen-bond donors (Lipinski definition) is 2. The van der Waals surface area contributed by atoms with Crippen molar-refractivity contribution in [3.8, 4) is 0 Å². The van der Waals surface area contributed by atoms with Gasteiger partial charge in [-0.15, -0.1) is 11.3 Å². The van der Waals surface area contributed by atoms with Crippen LogP contribution in [0.2, 0.25) is 0 Å². The van der Waals surface area contributed by atoms with Gasteiger partial charge in [0.25, 0.3) is 0 Å². The van der Waals surface area contributed by atoms with Crippen LogP contribution in [0.5, 0.6) is 0 Å². The maximum absolute atomic E-state index is 13.0. The molecule has 7 nitrogen and oxygen atoms in total. The summed E-state index contributed by atoms with van der Waals surface area (Å²) in [6.07, 6.45) is 5.14. The zero-order chi connectivity index (χ0) is 22.0. The number of anilines is 1. The van der Waals surface area contributed by atoms with Crippen molar-refractivity contribution in [2.75, 3.05) is 5.32 Å². The molecule has 0 unspecified atom stereocenters. The van der Waals surface area contributed by atoms with E-state index in [2.05, 4.69) is 15.2 Å². The average Bonchev–Trinajstić information content (AvgIpc) is 3.39. The summed E-state index contributed by atoms with van der Waals surface area (Å²) >= 11 is 1.09. The molecule has 3 aromatic rings. The molecule has 1 aromatic carbocycles. The van der Waals surface area contributed by atoms with Gasteiger partial charge in [-0.05, 0) is 61.7 Å². The Hall–Kier alpha value is -2.82. The van der Waals surface area contributed by atoms with E-state index in [1.165, 1.54) is 30.3 Å². The molecule has 10 heteroatoms. The minimum absolute atomic E-state index is 0.0438. The van der Waals surface area contributed by atoms with Crippen molar-refractivity contribution in [2.45, 2.75) is 30.5 Å². The number of thiophene rings is 1. The molecule has 162 valence electrons. The van der Waals surface area contributed by atoms with E-state index in [0.717, 1.165) is 24.2 Å². The quantitative estimate of drug-likeness (QED) is 0.524. The highest BCUT2D eigenvalue weighted by Gasteiger charge is 2.30. The van der Waals surface area contributed by atoms with Gasteiger partial charge in [0.2, 0.25) is 15.9 Å². The Labute approximate surface area is 183 Å². The summed E-state index contributed by atoms with van der Waals surface area (Å²) in [6, 6.07) is 8.81. The summed E-state index contributed by atoms with van der Waals surface area (Å²) in [4.78, 5) is 12.7. The molecule has 2 heterocycles. The zero-order valence-electron chi connectivity index (χ0n) is 16.6. The third-order valence-corrected chi connectivity index (χ3v) is 7.67. The monoisotopic (exact) mass is 461 g/mol. The Balaban J connectivity index is 1.43. The number of aryl methyl sites for hydroxylation is 1. The molecular weight excluding hydrogens is 441 g/mol. The number of sulfonamides is 1. The Bertz CT molecular complexity index is 1230. The molecule has 0 atom stereocenters. The molecule has 1 amide bonds. The maximum atomic E-state index is 13.0. The fourth-order valence-corrected chi connectivity index (χ4v) is 5.09. The topological polar surface area (TPSA) is 101 Å². The molecular formula is C21H20FN3O4S2. The SMILES string of the molecule is Cc1noc(/C=C/c2ccc(S(=O)(=O)NCc3ccc(F)cc3)s2)c1NC(=O)C1CC1. The van der Waals surface area contributed by atoms with E-state index in [4.69, 9.17) is 4.52 Å². The molecule has 0 spiro atoms. The van der Waals surface area contributed by atoms with E-state index in [1.54, 1.807) is 25.1 Å². The molecule has 2 aromatic heterocycles. The lowest BCUT2D eigenvalue weighted by atomic mass is 10.2. The first kappa shape index (κ1) is 21.4. The second-order valence-electron chi connectivity index (χ2n) is 7.21. The number of nitrogens with one attached hydrogen (secondary N) is 2. The highest BCUT2D eigenvalue weighted by Crippen LogP contribution is 2.32. The summed E-state index contributed by atoms with van der Waals surface area (Å²) in [5.74, 6) is 0.0357. The molecule has 2 N–H and O–H groups in total. The normalized spacial score (nSPS) is 14.3. The van der Waals surface area contributed by atoms with Gasteiger partial charge in [0.05, 0.1) is 0 Å². The summed E-state index contributed by atoms with van der Waals surface area (Å²) in [6.45, 7) is 1.80. The van der Waals surface area contributed by atoms with Gasteiger partial charge in [-0.25, -0.2) is 17.5 Å². The van der Waals surface area contributed by atoms with Crippen LogP contribution in [0.1, 0.15) is 34.7 Å². The largest absolute Gasteiger partial charge is 0.354 e. The second-order valence-corrected chi connectivity index (χ2v) is 10.3. The van der Waals surface area contributed by atoms with Crippen LogP contribution < -0.4 is 10.0 Å². The number of benzene rings is 1. The number of nitrogens with zero attached hydrogens (tertiary/aromatic N) is 1. The number of aromatic nitrogens is 1. The fourth-order valence-electron chi connectivity index (χ4n) is 2.80. The van der Waals surface area contributed by atoms with Crippen LogP contribution in [0.4, 0.5) is 10.1 Å². The van der Waals surface area contributed by atoms with Crippen molar-refractivity contribution in [1.29, 1.82) is 0 Å². The van der Waals surface area contributed by atoms with Gasteiger partial charge in [0.1, 0.15) is 21.4 Å². The highest BCUT2D eigenvalue weighted by molar-refractivity contribution is 7.91. The van der Waals surface area contributed by atoms with Crippen LogP contribution >= 0.6 is 11.3 Å². The Morgan fingerprint density at radius 2 is 1.97 bits per heavy atom. The van der Waals surface area contributed by atoms with Crippen molar-refractivity contribution in [3.05, 3.63) is 64.1 Å². The molecule has 1 aliphatic carbocycles. The van der Waals surface area contributed by atoms with Crippen molar-refractivity contribution in [1.82, 2.24) is 9.88 Å². The molecule has 1 fully saturated rings. The van der Waals surface area contributed by atoms with Crippen LogP contribution in [0, 0.1) is 18.7 Å². The number of carbonyl (C=O) groups excluding carboxylic acids is 1. The summed E-state index contributed by atoms with van der Waals surface area (Å²) in [5.41, 5.74) is 1.76. The van der Waals surface area contributed by atoms with Crippen molar-refractivity contribution >= 4 is 45.1 Å². The first-order valence-electron chi connectivity index (χ1n) is 9.61. The van der Waals surface area contributed by atoms with Crippen molar-refractivity contribution in [3.63, 3.8) is 0 Å². The summed E-state index contributed by atoms with van der Waals surface area (Å²) in [7, 11) is -3.71. The van der Waals surface area contributed by atoms with Gasteiger partial charge < -0.3 is 9.84 Å². The second kappa shape index (κ2) is 8.74. The minimum Gasteiger partial charge on any atom is -0.354 e. The Kier molecular flexibility index (Phi) is 6.03. The predicted octanol–water partition coefficient (Wildman–Crippen LogP) is 4.18. The maximum Gasteiger partial charge on any atom is 0.250 e. The van der Waals surface area contributed by atoms with Crippen LogP contribution in [0.3, 0.4) is 0 Å². The predicted molar refractivity (Wildman–Crippen MR) is 116 cm³/mol. The van der Waals surface area contributed by atoms with Crippen LogP contribution in [0.15, 0.2) is 45.1 Å². The van der Waals surface area contributed by atoms with Gasteiger partial charge >= 0.3 is 0 Å². The number of hydrogen-bond acceptors (Lipinski definition) is 6. The van der Waals surface area contributed by atoms with E-state index in [1.807, 2.05) is 0 Å². The lowest BCUT2D eigenvalue weighted by Crippen LogP contribution is -2.22. The molecule has 0 aliphatic heterocycles. The molecule has 0 saturated heterocycles. The Morgan fingerprint density at radius 1 is 1.23 bits per heavy atom. The highest BCUT2D eigenvalue weighted by atomic mass is 32.2. The van der Waals surface area contributed by atoms with Gasteiger partial charge in [-0.2, -0.15) is 0 Å². The molecule has 0 radical (unpaired) electrons. The van der Waals surface area contributed by atoms with Crippen molar-refractivity contribution in [2.24, 2.45) is 5.92 Å². The van der Waals surface area contributed by atoms with E-state index in [-0.39, 0.29) is 28.4 Å². The lowest BCUT2D eigenvalue weighted by molar-refractivity contribution is -0.117. The zero-order valence-corrected chi connectivity index (χ0v) is 18.2. The number of amides is 1. The smallest absolute Gasteiger partial charge is 0.250 e. The lowest BCUT2D eigenvalue weighted by Gasteiger charge is -2.04. The van der Waals surface area contributed by atoms with Crippen LogP contribution in [-0.2, 0) is 21.4 Å². The third-order valence-electron chi connectivity index (χ3n) is 4.73. The first-order valence-corrected chi connectivity index (χ1v) is 11.9. The first-order chi connectivity index (χ1) is 14.8. The summed E-state index contributed by atoms with van der Waals surface area (Å²) in [5, 5.41) is 6.75. The van der Waals surface area contributed by atoms with Crippen molar-refractivity contribution < 1.29 is 22.1 Å². The molecule has 4 rings (SSSR count). The minimum atomic E-state index is -3.71. The van der Waals surface area contributed by atoms with Gasteiger partial charge in [-0.3, -0.25) is 4.79 Å². The van der Waals surface area contributed by atoms with Crippen LogP contribution in [-0.4, -0.2) is 19.5 Å². The molecule has 1 aliphatic rings. The third kappa shape index (κ3) is 5.27. The van der Waals surface area contributed by atoms with Crippen LogP contribution in [0.25, 0.3) is 12.2 Å². The van der Waals surface area contributed by atoms with E-state index < -0.39 is 10.0 Å². The number of carbonyl (C=O) groups is 1. The van der Waals surface area contributed by atoms with Gasteiger partial charge in [0.15, 0.2) is 5.76 Å².